The quantitative estimate of drug-likeness (QED) is 0.310. The Bertz CT molecular complexity index is 541. The van der Waals surface area contributed by atoms with Crippen LogP contribution < -0.4 is 9.47 Å². The molecular weight excluding hydrogens is 282 g/mol. The maximum atomic E-state index is 11.5. The smallest absolute Gasteiger partial charge is 0.314 e. The van der Waals surface area contributed by atoms with Gasteiger partial charge in [-0.3, -0.25) is 19.7 Å². The SMILES string of the molecule is CCOC(=O)CC(=O)COc1ccc(OC)cc1[N+](=O)[O-]. The van der Waals surface area contributed by atoms with E-state index in [1.165, 1.54) is 25.3 Å². The van der Waals surface area contributed by atoms with Gasteiger partial charge in [0.1, 0.15) is 18.8 Å². The number of benzene rings is 1. The first-order chi connectivity index (χ1) is 9.97. The number of methoxy groups -OCH3 is 1. The van der Waals surface area contributed by atoms with Gasteiger partial charge in [-0.15, -0.1) is 0 Å². The Morgan fingerprint density at radius 2 is 2.05 bits per heavy atom. The van der Waals surface area contributed by atoms with Crippen molar-refractivity contribution in [1.82, 2.24) is 0 Å². The lowest BCUT2D eigenvalue weighted by atomic mass is 10.2. The maximum Gasteiger partial charge on any atom is 0.314 e. The number of carbonyl (C=O) groups is 2. The van der Waals surface area contributed by atoms with Gasteiger partial charge in [0, 0.05) is 0 Å². The van der Waals surface area contributed by atoms with E-state index in [9.17, 15) is 19.7 Å². The number of ether oxygens (including phenoxy) is 3. The van der Waals surface area contributed by atoms with E-state index >= 15 is 0 Å². The Morgan fingerprint density at radius 3 is 2.62 bits per heavy atom. The van der Waals surface area contributed by atoms with Crippen molar-refractivity contribution < 1.29 is 28.7 Å². The van der Waals surface area contributed by atoms with Crippen LogP contribution in [-0.2, 0) is 14.3 Å². The van der Waals surface area contributed by atoms with Crippen LogP contribution in [0.25, 0.3) is 0 Å². The molecule has 1 aromatic carbocycles. The zero-order valence-corrected chi connectivity index (χ0v) is 11.7. The van der Waals surface area contributed by atoms with E-state index in [0.29, 0.717) is 5.75 Å². The normalized spacial score (nSPS) is 9.81. The van der Waals surface area contributed by atoms with Crippen molar-refractivity contribution in [3.63, 3.8) is 0 Å². The van der Waals surface area contributed by atoms with E-state index in [1.807, 2.05) is 0 Å². The van der Waals surface area contributed by atoms with Gasteiger partial charge in [0.25, 0.3) is 0 Å². The summed E-state index contributed by atoms with van der Waals surface area (Å²) < 4.78 is 14.6. The zero-order valence-electron chi connectivity index (χ0n) is 11.7. The summed E-state index contributed by atoms with van der Waals surface area (Å²) in [6, 6.07) is 3.98. The molecule has 0 saturated heterocycles. The van der Waals surface area contributed by atoms with Gasteiger partial charge in [0.05, 0.1) is 24.7 Å². The third kappa shape index (κ3) is 5.09. The Hall–Kier alpha value is -2.64. The molecular formula is C13H15NO7. The third-order valence-electron chi connectivity index (χ3n) is 2.40. The molecule has 1 rings (SSSR count). The summed E-state index contributed by atoms with van der Waals surface area (Å²) in [5, 5.41) is 10.9. The van der Waals surface area contributed by atoms with Gasteiger partial charge in [-0.05, 0) is 19.1 Å². The van der Waals surface area contributed by atoms with Crippen molar-refractivity contribution in [1.29, 1.82) is 0 Å². The van der Waals surface area contributed by atoms with Crippen LogP contribution in [0.2, 0.25) is 0 Å². The number of ketones is 1. The predicted octanol–water partition coefficient (Wildman–Crippen LogP) is 1.50. The average molecular weight is 297 g/mol. The summed E-state index contributed by atoms with van der Waals surface area (Å²) in [4.78, 5) is 32.8. The summed E-state index contributed by atoms with van der Waals surface area (Å²) in [5.74, 6) is -0.959. The fourth-order valence-electron chi connectivity index (χ4n) is 1.47. The van der Waals surface area contributed by atoms with E-state index in [-0.39, 0.29) is 18.0 Å². The van der Waals surface area contributed by atoms with Crippen molar-refractivity contribution in [3.8, 4) is 11.5 Å². The van der Waals surface area contributed by atoms with Crippen LogP contribution in [0.4, 0.5) is 5.69 Å². The summed E-state index contributed by atoms with van der Waals surface area (Å²) in [6.07, 6.45) is -0.433. The molecule has 8 heteroatoms. The lowest BCUT2D eigenvalue weighted by molar-refractivity contribution is -0.385. The molecule has 1 aromatic rings. The molecule has 0 radical (unpaired) electrons. The van der Waals surface area contributed by atoms with Crippen LogP contribution in [0.1, 0.15) is 13.3 Å². The Morgan fingerprint density at radius 1 is 1.33 bits per heavy atom. The molecule has 0 aliphatic rings. The fraction of sp³-hybridized carbons (Fsp3) is 0.385. The van der Waals surface area contributed by atoms with E-state index in [4.69, 9.17) is 9.47 Å². The highest BCUT2D eigenvalue weighted by atomic mass is 16.6. The van der Waals surface area contributed by atoms with E-state index in [2.05, 4.69) is 4.74 Å². The molecule has 114 valence electrons. The lowest BCUT2D eigenvalue weighted by Gasteiger charge is -2.07. The van der Waals surface area contributed by atoms with Gasteiger partial charge in [-0.1, -0.05) is 0 Å². The Labute approximate surface area is 120 Å². The van der Waals surface area contributed by atoms with E-state index in [0.717, 1.165) is 0 Å². The first-order valence-electron chi connectivity index (χ1n) is 6.10. The molecule has 21 heavy (non-hydrogen) atoms. The first-order valence-corrected chi connectivity index (χ1v) is 6.10. The molecule has 0 spiro atoms. The Kier molecular flexibility index (Phi) is 6.12. The van der Waals surface area contributed by atoms with Crippen LogP contribution in [0, 0.1) is 10.1 Å². The van der Waals surface area contributed by atoms with Gasteiger partial charge in [-0.25, -0.2) is 0 Å². The highest BCUT2D eigenvalue weighted by Gasteiger charge is 2.18. The largest absolute Gasteiger partial charge is 0.496 e. The molecule has 8 nitrogen and oxygen atoms in total. The monoisotopic (exact) mass is 297 g/mol. The molecule has 0 heterocycles. The minimum atomic E-state index is -0.657. The molecule has 0 N–H and O–H groups in total. The number of carbonyl (C=O) groups excluding carboxylic acids is 2. The topological polar surface area (TPSA) is 105 Å². The van der Waals surface area contributed by atoms with Crippen LogP contribution in [0.3, 0.4) is 0 Å². The summed E-state index contributed by atoms with van der Waals surface area (Å²) in [7, 11) is 1.38. The van der Waals surface area contributed by atoms with Crippen molar-refractivity contribution in [2.24, 2.45) is 0 Å². The summed E-state index contributed by atoms with van der Waals surface area (Å²) >= 11 is 0. The zero-order chi connectivity index (χ0) is 15.8. The van der Waals surface area contributed by atoms with Gasteiger partial charge >= 0.3 is 11.7 Å². The molecule has 0 unspecified atom stereocenters. The molecule has 0 atom stereocenters. The van der Waals surface area contributed by atoms with Gasteiger partial charge < -0.3 is 14.2 Å². The molecule has 0 bridgehead atoms. The van der Waals surface area contributed by atoms with Crippen molar-refractivity contribution in [3.05, 3.63) is 28.3 Å². The maximum absolute atomic E-state index is 11.5. The second-order valence-electron chi connectivity index (χ2n) is 3.90. The lowest BCUT2D eigenvalue weighted by Crippen LogP contribution is -2.17. The number of Topliss-reactive ketones (excluding diaryl/α,β-unsaturated/α-hetero) is 1. The van der Waals surface area contributed by atoms with Gasteiger partial charge in [0.2, 0.25) is 0 Å². The molecule has 0 aromatic heterocycles. The third-order valence-corrected chi connectivity index (χ3v) is 2.40. The van der Waals surface area contributed by atoms with Gasteiger partial charge in [0.15, 0.2) is 11.5 Å². The van der Waals surface area contributed by atoms with Crippen molar-refractivity contribution in [2.45, 2.75) is 13.3 Å². The molecule has 0 aliphatic carbocycles. The average Bonchev–Trinajstić information content (AvgIpc) is 2.45. The number of esters is 1. The van der Waals surface area contributed by atoms with E-state index < -0.39 is 29.7 Å². The van der Waals surface area contributed by atoms with Crippen LogP contribution in [0.5, 0.6) is 11.5 Å². The van der Waals surface area contributed by atoms with E-state index in [1.54, 1.807) is 6.92 Å². The van der Waals surface area contributed by atoms with Crippen LogP contribution in [-0.4, -0.2) is 37.0 Å². The number of nitrogens with zero attached hydrogens (tertiary/aromatic N) is 1. The van der Waals surface area contributed by atoms with Crippen molar-refractivity contribution in [2.75, 3.05) is 20.3 Å². The second-order valence-corrected chi connectivity index (χ2v) is 3.90. The molecule has 0 aliphatic heterocycles. The highest BCUT2D eigenvalue weighted by Crippen LogP contribution is 2.30. The number of nitro benzene ring substituents is 1. The van der Waals surface area contributed by atoms with Crippen LogP contribution >= 0.6 is 0 Å². The second kappa shape index (κ2) is 7.83. The number of hydrogen-bond acceptors (Lipinski definition) is 7. The van der Waals surface area contributed by atoms with Crippen molar-refractivity contribution >= 4 is 17.4 Å². The summed E-state index contributed by atoms with van der Waals surface area (Å²) in [5.41, 5.74) is -0.321. The summed E-state index contributed by atoms with van der Waals surface area (Å²) in [6.45, 7) is 1.35. The van der Waals surface area contributed by atoms with Gasteiger partial charge in [-0.2, -0.15) is 0 Å². The fourth-order valence-corrected chi connectivity index (χ4v) is 1.47. The van der Waals surface area contributed by atoms with Crippen LogP contribution in [0.15, 0.2) is 18.2 Å². The predicted molar refractivity (Wildman–Crippen MR) is 71.4 cm³/mol. The molecule has 0 fully saturated rings. The number of hydrogen-bond donors (Lipinski definition) is 0. The number of rotatable bonds is 8. The standard InChI is InChI=1S/C13H15NO7/c1-3-20-13(16)6-9(15)8-21-12-5-4-10(19-2)7-11(12)14(17)18/h4-5,7H,3,6,8H2,1-2H3. The molecule has 0 amide bonds. The number of nitro groups is 1. The first kappa shape index (κ1) is 16.4. The minimum absolute atomic E-state index is 0.0713. The minimum Gasteiger partial charge on any atom is -0.496 e. The highest BCUT2D eigenvalue weighted by molar-refractivity contribution is 5.96. The molecule has 0 saturated carbocycles. The Balaban J connectivity index is 2.68.